The van der Waals surface area contributed by atoms with Gasteiger partial charge in [-0.2, -0.15) is 0 Å². The Kier molecular flexibility index (Phi) is 5.25. The Hall–Kier alpha value is -3.13. The first kappa shape index (κ1) is 20.8. The summed E-state index contributed by atoms with van der Waals surface area (Å²) in [5.41, 5.74) is 2.15. The molecule has 0 radical (unpaired) electrons. The van der Waals surface area contributed by atoms with Crippen LogP contribution in [0.15, 0.2) is 74.3 Å². The fraction of sp³-hybridized carbons (Fsp3) is 0. The lowest BCUT2D eigenvalue weighted by Gasteiger charge is -2.09. The normalized spacial score (nSPS) is 11.2. The lowest BCUT2D eigenvalue weighted by Crippen LogP contribution is -2.12. The van der Waals surface area contributed by atoms with Crippen molar-refractivity contribution in [1.29, 1.82) is 0 Å². The van der Waals surface area contributed by atoms with Crippen LogP contribution in [0.2, 0.25) is 10.0 Å². The Morgan fingerprint density at radius 3 is 2.69 bits per heavy atom. The monoisotopic (exact) mass is 527 g/mol. The minimum absolute atomic E-state index is 0.142. The zero-order chi connectivity index (χ0) is 22.4. The molecule has 0 atom stereocenters. The maximum absolute atomic E-state index is 12.6. The zero-order valence-corrected chi connectivity index (χ0v) is 19.2. The number of furan rings is 1. The molecule has 0 saturated heterocycles. The van der Waals surface area contributed by atoms with Gasteiger partial charge >= 0.3 is 0 Å². The van der Waals surface area contributed by atoms with Gasteiger partial charge in [0.05, 0.1) is 5.02 Å². The van der Waals surface area contributed by atoms with Crippen LogP contribution >= 0.6 is 39.1 Å². The number of hydrogen-bond donors (Lipinski definition) is 2. The molecule has 2 N–H and O–H groups in total. The highest BCUT2D eigenvalue weighted by atomic mass is 79.9. The highest BCUT2D eigenvalue weighted by molar-refractivity contribution is 9.10. The van der Waals surface area contributed by atoms with Crippen LogP contribution < -0.4 is 10.9 Å². The van der Waals surface area contributed by atoms with Gasteiger partial charge in [0.25, 0.3) is 11.5 Å². The lowest BCUT2D eigenvalue weighted by molar-refractivity contribution is 0.102. The van der Waals surface area contributed by atoms with E-state index >= 15 is 0 Å². The fourth-order valence-electron chi connectivity index (χ4n) is 3.37. The number of fused-ring (bicyclic) bond motifs is 3. The SMILES string of the molecule is O=C(Nc1ccc(-c2nc3c(oc4ccc(Br)cc43)c(=O)[nH]2)c(Cl)c1)c1cccc(Cl)c1. The number of aromatic amines is 1. The van der Waals surface area contributed by atoms with E-state index in [1.165, 1.54) is 0 Å². The van der Waals surface area contributed by atoms with Crippen molar-refractivity contribution in [2.24, 2.45) is 0 Å². The first-order valence-electron chi connectivity index (χ1n) is 9.38. The summed E-state index contributed by atoms with van der Waals surface area (Å²) in [6.07, 6.45) is 0. The van der Waals surface area contributed by atoms with Crippen LogP contribution in [0.5, 0.6) is 0 Å². The number of anilines is 1. The predicted molar refractivity (Wildman–Crippen MR) is 130 cm³/mol. The maximum Gasteiger partial charge on any atom is 0.294 e. The van der Waals surface area contributed by atoms with Crippen LogP contribution in [-0.2, 0) is 0 Å². The van der Waals surface area contributed by atoms with Crippen molar-refractivity contribution >= 4 is 72.8 Å². The number of carbonyl (C=O) groups excluding carboxylic acids is 1. The molecule has 9 heteroatoms. The Bertz CT molecular complexity index is 1590. The summed E-state index contributed by atoms with van der Waals surface area (Å²) in [6.45, 7) is 0. The number of nitrogens with one attached hydrogen (secondary N) is 2. The first-order chi connectivity index (χ1) is 15.4. The van der Waals surface area contributed by atoms with E-state index in [0.717, 1.165) is 4.47 Å². The quantitative estimate of drug-likeness (QED) is 0.274. The third-order valence-electron chi connectivity index (χ3n) is 4.85. The Balaban J connectivity index is 1.52. The molecular weight excluding hydrogens is 517 g/mol. The zero-order valence-electron chi connectivity index (χ0n) is 16.1. The molecule has 2 aromatic heterocycles. The van der Waals surface area contributed by atoms with Crippen LogP contribution in [0.3, 0.4) is 0 Å². The number of H-pyrrole nitrogens is 1. The molecule has 3 aromatic carbocycles. The molecule has 0 spiro atoms. The molecular formula is C23H12BrCl2N3O3. The summed E-state index contributed by atoms with van der Waals surface area (Å²) in [6, 6.07) is 17.0. The number of halogens is 3. The molecule has 5 rings (SSSR count). The van der Waals surface area contributed by atoms with Crippen molar-refractivity contribution in [3.8, 4) is 11.4 Å². The second-order valence-electron chi connectivity index (χ2n) is 6.99. The van der Waals surface area contributed by atoms with Crippen molar-refractivity contribution in [2.75, 3.05) is 5.32 Å². The highest BCUT2D eigenvalue weighted by Crippen LogP contribution is 2.32. The number of nitrogens with zero attached hydrogens (tertiary/aromatic N) is 1. The summed E-state index contributed by atoms with van der Waals surface area (Å²) in [7, 11) is 0. The second-order valence-corrected chi connectivity index (χ2v) is 8.75. The molecule has 6 nitrogen and oxygen atoms in total. The van der Waals surface area contributed by atoms with Gasteiger partial charge in [-0.15, -0.1) is 0 Å². The number of aromatic nitrogens is 2. The van der Waals surface area contributed by atoms with Crippen LogP contribution in [-0.4, -0.2) is 15.9 Å². The minimum Gasteiger partial charge on any atom is -0.449 e. The fourth-order valence-corrected chi connectivity index (χ4v) is 4.19. The van der Waals surface area contributed by atoms with Gasteiger partial charge in [0.2, 0.25) is 5.58 Å². The van der Waals surface area contributed by atoms with Gasteiger partial charge in [0.1, 0.15) is 16.9 Å². The molecule has 1 amide bonds. The topological polar surface area (TPSA) is 88.0 Å². The van der Waals surface area contributed by atoms with Gasteiger partial charge in [-0.25, -0.2) is 4.98 Å². The highest BCUT2D eigenvalue weighted by Gasteiger charge is 2.16. The van der Waals surface area contributed by atoms with E-state index in [-0.39, 0.29) is 11.5 Å². The largest absolute Gasteiger partial charge is 0.449 e. The predicted octanol–water partition coefficient (Wildman–Crippen LogP) is 6.66. The number of amides is 1. The smallest absolute Gasteiger partial charge is 0.294 e. The summed E-state index contributed by atoms with van der Waals surface area (Å²) >= 11 is 15.9. The first-order valence-corrected chi connectivity index (χ1v) is 10.9. The summed E-state index contributed by atoms with van der Waals surface area (Å²) < 4.78 is 6.50. The Morgan fingerprint density at radius 2 is 1.91 bits per heavy atom. The van der Waals surface area contributed by atoms with E-state index in [9.17, 15) is 9.59 Å². The third-order valence-corrected chi connectivity index (χ3v) is 5.90. The molecule has 158 valence electrons. The van der Waals surface area contributed by atoms with Gasteiger partial charge in [-0.3, -0.25) is 9.59 Å². The van der Waals surface area contributed by atoms with Crippen molar-refractivity contribution in [2.45, 2.75) is 0 Å². The van der Waals surface area contributed by atoms with E-state index < -0.39 is 5.56 Å². The molecule has 0 aliphatic heterocycles. The standard InChI is InChI=1S/C23H12BrCl2N3O3/c24-12-4-7-18-16(9-12)19-20(32-18)23(31)29-21(28-19)15-6-5-14(10-17(15)26)27-22(30)11-2-1-3-13(25)8-11/h1-10H,(H,27,30)(H,28,29,31). The van der Waals surface area contributed by atoms with Gasteiger partial charge in [-0.1, -0.05) is 45.2 Å². The van der Waals surface area contributed by atoms with E-state index in [1.54, 1.807) is 48.5 Å². The molecule has 0 unspecified atom stereocenters. The number of rotatable bonds is 3. The van der Waals surface area contributed by atoms with Gasteiger partial charge in [-0.05, 0) is 54.6 Å². The molecule has 5 aromatic rings. The molecule has 0 aliphatic carbocycles. The number of hydrogen-bond acceptors (Lipinski definition) is 4. The molecule has 32 heavy (non-hydrogen) atoms. The van der Waals surface area contributed by atoms with Crippen LogP contribution in [0, 0.1) is 0 Å². The van der Waals surface area contributed by atoms with Crippen molar-refractivity contribution in [3.05, 3.63) is 91.1 Å². The minimum atomic E-state index is -0.410. The third kappa shape index (κ3) is 3.79. The van der Waals surface area contributed by atoms with Gasteiger partial charge in [0, 0.05) is 31.7 Å². The van der Waals surface area contributed by atoms with Crippen LogP contribution in [0.4, 0.5) is 5.69 Å². The van der Waals surface area contributed by atoms with Crippen molar-refractivity contribution < 1.29 is 9.21 Å². The van der Waals surface area contributed by atoms with E-state index in [2.05, 4.69) is 31.2 Å². The molecule has 2 heterocycles. The molecule has 0 aliphatic rings. The average Bonchev–Trinajstić information content (AvgIpc) is 3.12. The molecule has 0 bridgehead atoms. The second kappa shape index (κ2) is 8.09. The van der Waals surface area contributed by atoms with Crippen molar-refractivity contribution in [3.63, 3.8) is 0 Å². The van der Waals surface area contributed by atoms with Crippen LogP contribution in [0.1, 0.15) is 10.4 Å². The maximum atomic E-state index is 12.6. The number of carbonyl (C=O) groups is 1. The van der Waals surface area contributed by atoms with E-state index in [0.29, 0.717) is 49.2 Å². The summed E-state index contributed by atoms with van der Waals surface area (Å²) in [5.74, 6) is -0.0254. The lowest BCUT2D eigenvalue weighted by atomic mass is 10.1. The van der Waals surface area contributed by atoms with E-state index in [1.807, 2.05) is 12.1 Å². The van der Waals surface area contributed by atoms with Gasteiger partial charge < -0.3 is 14.7 Å². The molecule has 0 saturated carbocycles. The number of benzene rings is 3. The molecule has 0 fully saturated rings. The van der Waals surface area contributed by atoms with Crippen molar-refractivity contribution in [1.82, 2.24) is 9.97 Å². The Morgan fingerprint density at radius 1 is 1.06 bits per heavy atom. The van der Waals surface area contributed by atoms with Gasteiger partial charge in [0.15, 0.2) is 0 Å². The van der Waals surface area contributed by atoms with Crippen LogP contribution in [0.25, 0.3) is 33.5 Å². The summed E-state index contributed by atoms with van der Waals surface area (Å²) in [5, 5.41) is 4.27. The summed E-state index contributed by atoms with van der Waals surface area (Å²) in [4.78, 5) is 32.4. The Labute approximate surface area is 199 Å². The van der Waals surface area contributed by atoms with E-state index in [4.69, 9.17) is 27.6 Å². The average molecular weight is 529 g/mol.